The number of carbonyl (C=O) groups is 1. The van der Waals surface area contributed by atoms with Crippen LogP contribution in [0.2, 0.25) is 0 Å². The lowest BCUT2D eigenvalue weighted by Gasteiger charge is -2.15. The molecular weight excluding hydrogens is 358 g/mol. The van der Waals surface area contributed by atoms with E-state index in [2.05, 4.69) is 15.3 Å². The summed E-state index contributed by atoms with van der Waals surface area (Å²) in [6, 6.07) is 18.3. The van der Waals surface area contributed by atoms with Gasteiger partial charge in [0.05, 0.1) is 10.9 Å². The van der Waals surface area contributed by atoms with Gasteiger partial charge in [0.25, 0.3) is 0 Å². The Morgan fingerprint density at radius 1 is 1.11 bits per heavy atom. The number of amides is 1. The second-order valence-electron chi connectivity index (χ2n) is 6.06. The highest BCUT2D eigenvalue weighted by Gasteiger charge is 2.19. The van der Waals surface area contributed by atoms with Gasteiger partial charge in [0, 0.05) is 11.3 Å². The van der Waals surface area contributed by atoms with E-state index in [-0.39, 0.29) is 16.9 Å². The van der Waals surface area contributed by atoms with Crippen LogP contribution in [-0.2, 0) is 4.79 Å². The molecule has 6 heteroatoms. The minimum atomic E-state index is -0.281. The first-order valence-corrected chi connectivity index (χ1v) is 9.61. The molecule has 0 spiro atoms. The molecule has 27 heavy (non-hydrogen) atoms. The van der Waals surface area contributed by atoms with E-state index >= 15 is 0 Å². The van der Waals surface area contributed by atoms with Gasteiger partial charge in [-0.15, -0.1) is 0 Å². The molecule has 1 amide bonds. The molecule has 0 radical (unpaired) electrons. The van der Waals surface area contributed by atoms with Crippen LogP contribution in [-0.4, -0.2) is 26.2 Å². The Labute approximate surface area is 162 Å². The Hall–Kier alpha value is -2.86. The largest absolute Gasteiger partial charge is 0.508 e. The van der Waals surface area contributed by atoms with Crippen molar-refractivity contribution in [2.24, 2.45) is 0 Å². The number of anilines is 1. The van der Waals surface area contributed by atoms with Crippen molar-refractivity contribution >= 4 is 23.4 Å². The Morgan fingerprint density at radius 2 is 1.81 bits per heavy atom. The molecular formula is C21H21N3O2S. The maximum Gasteiger partial charge on any atom is 0.237 e. The quantitative estimate of drug-likeness (QED) is 0.370. The highest BCUT2D eigenvalue weighted by Crippen LogP contribution is 2.28. The Balaban J connectivity index is 1.76. The second-order valence-corrected chi connectivity index (χ2v) is 7.28. The van der Waals surface area contributed by atoms with E-state index in [4.69, 9.17) is 0 Å². The van der Waals surface area contributed by atoms with Gasteiger partial charge in [0.2, 0.25) is 5.91 Å². The molecule has 0 saturated carbocycles. The topological polar surface area (TPSA) is 75.1 Å². The van der Waals surface area contributed by atoms with E-state index in [1.54, 1.807) is 24.3 Å². The normalized spacial score (nSPS) is 11.8. The van der Waals surface area contributed by atoms with Crippen molar-refractivity contribution in [1.82, 2.24) is 9.97 Å². The Bertz CT molecular complexity index is 914. The average Bonchev–Trinajstić information content (AvgIpc) is 2.68. The Morgan fingerprint density at radius 3 is 2.48 bits per heavy atom. The van der Waals surface area contributed by atoms with E-state index in [1.807, 2.05) is 50.2 Å². The molecule has 0 aliphatic heterocycles. The predicted octanol–water partition coefficient (Wildman–Crippen LogP) is 4.67. The molecule has 0 bridgehead atoms. The summed E-state index contributed by atoms with van der Waals surface area (Å²) in [5.74, 6) is 0.748. The summed E-state index contributed by atoms with van der Waals surface area (Å²) >= 11 is 1.43. The van der Waals surface area contributed by atoms with Crippen molar-refractivity contribution in [2.75, 3.05) is 5.32 Å². The first-order valence-electron chi connectivity index (χ1n) is 8.73. The lowest BCUT2D eigenvalue weighted by Crippen LogP contribution is -2.24. The molecule has 5 nitrogen and oxygen atoms in total. The molecule has 1 heterocycles. The zero-order chi connectivity index (χ0) is 19.2. The maximum atomic E-state index is 12.6. The highest BCUT2D eigenvalue weighted by molar-refractivity contribution is 8.00. The number of phenols is 1. The lowest BCUT2D eigenvalue weighted by molar-refractivity contribution is -0.115. The molecule has 0 saturated heterocycles. The van der Waals surface area contributed by atoms with Gasteiger partial charge in [-0.25, -0.2) is 9.97 Å². The SMILES string of the molecule is CCC(Sc1cc(-c2ccccc2)nc(C)n1)C(=O)Nc1ccc(O)cc1. The maximum absolute atomic E-state index is 12.6. The minimum absolute atomic E-state index is 0.0919. The third-order valence-electron chi connectivity index (χ3n) is 3.95. The molecule has 2 N–H and O–H groups in total. The monoisotopic (exact) mass is 379 g/mol. The molecule has 1 atom stereocenters. The molecule has 0 fully saturated rings. The number of nitrogens with one attached hydrogen (secondary N) is 1. The number of aromatic hydroxyl groups is 1. The summed E-state index contributed by atoms with van der Waals surface area (Å²) in [4.78, 5) is 21.6. The van der Waals surface area contributed by atoms with E-state index in [0.29, 0.717) is 17.9 Å². The van der Waals surface area contributed by atoms with Crippen LogP contribution in [0.3, 0.4) is 0 Å². The number of hydrogen-bond donors (Lipinski definition) is 2. The second kappa shape index (κ2) is 8.68. The molecule has 3 aromatic rings. The molecule has 1 aromatic heterocycles. The van der Waals surface area contributed by atoms with Gasteiger partial charge in [-0.3, -0.25) is 4.79 Å². The predicted molar refractivity (Wildman–Crippen MR) is 109 cm³/mol. The fourth-order valence-electron chi connectivity index (χ4n) is 2.59. The van der Waals surface area contributed by atoms with Crippen molar-refractivity contribution in [2.45, 2.75) is 30.5 Å². The highest BCUT2D eigenvalue weighted by atomic mass is 32.2. The van der Waals surface area contributed by atoms with Crippen LogP contribution in [0.25, 0.3) is 11.3 Å². The first-order chi connectivity index (χ1) is 13.0. The van der Waals surface area contributed by atoms with Gasteiger partial charge >= 0.3 is 0 Å². The van der Waals surface area contributed by atoms with Crippen molar-refractivity contribution in [1.29, 1.82) is 0 Å². The zero-order valence-corrected chi connectivity index (χ0v) is 16.0. The number of thioether (sulfide) groups is 1. The number of carbonyl (C=O) groups excluding carboxylic acids is 1. The smallest absolute Gasteiger partial charge is 0.237 e. The van der Waals surface area contributed by atoms with Crippen LogP contribution >= 0.6 is 11.8 Å². The summed E-state index contributed by atoms with van der Waals surface area (Å²) in [5.41, 5.74) is 2.52. The van der Waals surface area contributed by atoms with Crippen LogP contribution in [0.5, 0.6) is 5.75 Å². The molecule has 2 aromatic carbocycles. The third-order valence-corrected chi connectivity index (χ3v) is 5.23. The summed E-state index contributed by atoms with van der Waals surface area (Å²) in [6.45, 7) is 3.83. The van der Waals surface area contributed by atoms with E-state index < -0.39 is 0 Å². The van der Waals surface area contributed by atoms with Gasteiger partial charge in [0.1, 0.15) is 16.6 Å². The number of benzene rings is 2. The van der Waals surface area contributed by atoms with E-state index in [0.717, 1.165) is 16.3 Å². The number of hydrogen-bond acceptors (Lipinski definition) is 5. The molecule has 138 valence electrons. The number of aryl methyl sites for hydroxylation is 1. The summed E-state index contributed by atoms with van der Waals surface area (Å²) in [5, 5.41) is 12.7. The van der Waals surface area contributed by atoms with Gasteiger partial charge in [-0.1, -0.05) is 49.0 Å². The van der Waals surface area contributed by atoms with Crippen molar-refractivity contribution in [3.05, 3.63) is 66.5 Å². The number of rotatable bonds is 6. The van der Waals surface area contributed by atoms with Gasteiger partial charge in [0.15, 0.2) is 0 Å². The minimum Gasteiger partial charge on any atom is -0.508 e. The van der Waals surface area contributed by atoms with Crippen LogP contribution in [0.1, 0.15) is 19.2 Å². The fraction of sp³-hybridized carbons (Fsp3) is 0.190. The van der Waals surface area contributed by atoms with Crippen LogP contribution < -0.4 is 5.32 Å². The summed E-state index contributed by atoms with van der Waals surface area (Å²) in [6.07, 6.45) is 0.665. The Kier molecular flexibility index (Phi) is 6.08. The van der Waals surface area contributed by atoms with Crippen LogP contribution in [0.4, 0.5) is 5.69 Å². The first kappa shape index (κ1) is 18.9. The third kappa shape index (κ3) is 5.08. The van der Waals surface area contributed by atoms with Crippen LogP contribution in [0.15, 0.2) is 65.7 Å². The van der Waals surface area contributed by atoms with Crippen molar-refractivity contribution < 1.29 is 9.90 Å². The summed E-state index contributed by atoms with van der Waals surface area (Å²) in [7, 11) is 0. The lowest BCUT2D eigenvalue weighted by atomic mass is 10.1. The molecule has 0 aliphatic carbocycles. The molecule has 3 rings (SSSR count). The number of phenolic OH excluding ortho intramolecular Hbond substituents is 1. The fourth-order valence-corrected chi connectivity index (χ4v) is 3.58. The van der Waals surface area contributed by atoms with Gasteiger partial charge < -0.3 is 10.4 Å². The van der Waals surface area contributed by atoms with Gasteiger partial charge in [-0.05, 0) is 43.7 Å². The zero-order valence-electron chi connectivity index (χ0n) is 15.2. The average molecular weight is 379 g/mol. The molecule has 0 aliphatic rings. The standard InChI is InChI=1S/C21H21N3O2S/c1-3-19(21(26)24-16-9-11-17(25)12-10-16)27-20-13-18(22-14(2)23-20)15-7-5-4-6-8-15/h4-13,19,25H,3H2,1-2H3,(H,24,26). The summed E-state index contributed by atoms with van der Waals surface area (Å²) < 4.78 is 0. The molecule has 1 unspecified atom stereocenters. The number of aromatic nitrogens is 2. The van der Waals surface area contributed by atoms with Crippen molar-refractivity contribution in [3.63, 3.8) is 0 Å². The number of nitrogens with zero attached hydrogens (tertiary/aromatic N) is 2. The van der Waals surface area contributed by atoms with E-state index in [1.165, 1.54) is 11.8 Å². The van der Waals surface area contributed by atoms with Gasteiger partial charge in [-0.2, -0.15) is 0 Å². The van der Waals surface area contributed by atoms with E-state index in [9.17, 15) is 9.90 Å². The van der Waals surface area contributed by atoms with Crippen molar-refractivity contribution in [3.8, 4) is 17.0 Å². The van der Waals surface area contributed by atoms with Crippen LogP contribution in [0, 0.1) is 6.92 Å².